The van der Waals surface area contributed by atoms with Crippen molar-refractivity contribution in [1.29, 1.82) is 0 Å². The summed E-state index contributed by atoms with van der Waals surface area (Å²) in [6.45, 7) is 3.33. The fourth-order valence-electron chi connectivity index (χ4n) is 3.51. The lowest BCUT2D eigenvalue weighted by Gasteiger charge is -2.53. The van der Waals surface area contributed by atoms with Gasteiger partial charge in [0.05, 0.1) is 18.8 Å². The quantitative estimate of drug-likeness (QED) is 0.886. The Kier molecular flexibility index (Phi) is 2.95. The molecule has 4 rings (SSSR count). The van der Waals surface area contributed by atoms with Crippen molar-refractivity contribution in [2.24, 2.45) is 5.41 Å². The van der Waals surface area contributed by atoms with E-state index in [9.17, 15) is 0 Å². The second-order valence-electron chi connectivity index (χ2n) is 5.99. The zero-order valence-electron chi connectivity index (χ0n) is 11.1. The van der Waals surface area contributed by atoms with Gasteiger partial charge >= 0.3 is 0 Å². The minimum Gasteiger partial charge on any atom is -0.392 e. The minimum atomic E-state index is -0.0368. The van der Waals surface area contributed by atoms with Crippen molar-refractivity contribution < 1.29 is 9.84 Å². The van der Waals surface area contributed by atoms with Crippen LogP contribution < -0.4 is 0 Å². The molecule has 18 heavy (non-hydrogen) atoms. The van der Waals surface area contributed by atoms with E-state index in [1.165, 1.54) is 24.8 Å². The first-order valence-corrected chi connectivity index (χ1v) is 7.06. The predicted octanol–water partition coefficient (Wildman–Crippen LogP) is 3.37. The van der Waals surface area contributed by atoms with Crippen LogP contribution in [0.1, 0.15) is 50.2 Å². The molecule has 2 bridgehead atoms. The number of aliphatic hydroxyl groups excluding tert-OH is 1. The Hall–Kier alpha value is -0.860. The van der Waals surface area contributed by atoms with Gasteiger partial charge in [0.15, 0.2) is 0 Å². The van der Waals surface area contributed by atoms with Gasteiger partial charge in [0.25, 0.3) is 0 Å². The summed E-state index contributed by atoms with van der Waals surface area (Å²) in [4.78, 5) is 0. The molecule has 0 radical (unpaired) electrons. The van der Waals surface area contributed by atoms with Crippen molar-refractivity contribution in [1.82, 2.24) is 0 Å². The Morgan fingerprint density at radius 2 is 1.78 bits per heavy atom. The summed E-state index contributed by atoms with van der Waals surface area (Å²) < 4.78 is 6.26. The highest BCUT2D eigenvalue weighted by atomic mass is 16.5. The van der Waals surface area contributed by atoms with Crippen molar-refractivity contribution in [3.05, 3.63) is 35.4 Å². The average molecular weight is 246 g/mol. The molecule has 2 aliphatic heterocycles. The van der Waals surface area contributed by atoms with Crippen LogP contribution in [-0.4, -0.2) is 11.7 Å². The predicted molar refractivity (Wildman–Crippen MR) is 71.2 cm³/mol. The van der Waals surface area contributed by atoms with Crippen molar-refractivity contribution in [3.8, 4) is 0 Å². The molecule has 3 fully saturated rings. The molecule has 1 aromatic carbocycles. The van der Waals surface area contributed by atoms with E-state index in [0.717, 1.165) is 25.0 Å². The topological polar surface area (TPSA) is 29.5 Å². The molecule has 2 heterocycles. The van der Waals surface area contributed by atoms with Crippen LogP contribution in [0.4, 0.5) is 0 Å². The monoisotopic (exact) mass is 246 g/mol. The van der Waals surface area contributed by atoms with E-state index >= 15 is 0 Å². The first-order chi connectivity index (χ1) is 8.72. The van der Waals surface area contributed by atoms with Gasteiger partial charge in [-0.05, 0) is 48.6 Å². The number of hydrogen-bond acceptors (Lipinski definition) is 2. The zero-order chi connectivity index (χ0) is 12.6. The number of benzene rings is 1. The fourth-order valence-corrected chi connectivity index (χ4v) is 3.51. The van der Waals surface area contributed by atoms with E-state index in [4.69, 9.17) is 9.84 Å². The first-order valence-electron chi connectivity index (χ1n) is 7.06. The van der Waals surface area contributed by atoms with Crippen molar-refractivity contribution in [3.63, 3.8) is 0 Å². The second-order valence-corrected chi connectivity index (χ2v) is 5.99. The molecule has 0 aromatic heterocycles. The lowest BCUT2D eigenvalue weighted by Crippen LogP contribution is -2.48. The van der Waals surface area contributed by atoms with Crippen LogP contribution in [0.3, 0.4) is 0 Å². The third-order valence-electron chi connectivity index (χ3n) is 5.19. The Bertz CT molecular complexity index is 397. The van der Waals surface area contributed by atoms with E-state index in [1.807, 2.05) is 12.1 Å². The molecule has 1 aromatic rings. The molecule has 3 aliphatic rings. The van der Waals surface area contributed by atoms with E-state index < -0.39 is 0 Å². The molecule has 0 amide bonds. The number of aliphatic hydroxyl groups is 1. The van der Waals surface area contributed by atoms with Crippen LogP contribution in [0.15, 0.2) is 24.3 Å². The second kappa shape index (κ2) is 4.36. The molecule has 1 aliphatic carbocycles. The lowest BCUT2D eigenvalue weighted by atomic mass is 9.63. The van der Waals surface area contributed by atoms with E-state index in [0.29, 0.717) is 5.41 Å². The lowest BCUT2D eigenvalue weighted by molar-refractivity contribution is -0.190. The van der Waals surface area contributed by atoms with Crippen LogP contribution in [-0.2, 0) is 16.9 Å². The van der Waals surface area contributed by atoms with E-state index in [2.05, 4.69) is 19.1 Å². The van der Waals surface area contributed by atoms with Crippen LogP contribution in [0.5, 0.6) is 0 Å². The standard InChI is InChI=1S/C16H22O2/c1-2-15-7-9-16(10-8-15,18-12-15)14-5-3-13(11-17)4-6-14/h3-6,17H,2,7-12H2,1H3. The Morgan fingerprint density at radius 3 is 2.22 bits per heavy atom. The Balaban J connectivity index is 1.84. The number of rotatable bonds is 3. The van der Waals surface area contributed by atoms with Gasteiger partial charge in [0.2, 0.25) is 0 Å². The van der Waals surface area contributed by atoms with Gasteiger partial charge in [-0.3, -0.25) is 0 Å². The van der Waals surface area contributed by atoms with Gasteiger partial charge in [-0.15, -0.1) is 0 Å². The van der Waals surface area contributed by atoms with Crippen molar-refractivity contribution in [2.45, 2.75) is 51.2 Å². The van der Waals surface area contributed by atoms with E-state index in [-0.39, 0.29) is 12.2 Å². The van der Waals surface area contributed by atoms with Gasteiger partial charge in [0.1, 0.15) is 0 Å². The maximum Gasteiger partial charge on any atom is 0.0932 e. The van der Waals surface area contributed by atoms with Crippen LogP contribution in [0.25, 0.3) is 0 Å². The van der Waals surface area contributed by atoms with Gasteiger partial charge in [0, 0.05) is 0 Å². The van der Waals surface area contributed by atoms with E-state index in [1.54, 1.807) is 0 Å². The SMILES string of the molecule is CCC12CCC(c3ccc(CO)cc3)(CC1)OC2. The Morgan fingerprint density at radius 1 is 1.11 bits per heavy atom. The normalized spacial score (nSPS) is 34.8. The van der Waals surface area contributed by atoms with Gasteiger partial charge in [-0.25, -0.2) is 0 Å². The summed E-state index contributed by atoms with van der Waals surface area (Å²) >= 11 is 0. The molecule has 2 saturated heterocycles. The third kappa shape index (κ3) is 1.79. The van der Waals surface area contributed by atoms with Gasteiger partial charge in [-0.1, -0.05) is 31.2 Å². The number of ether oxygens (including phenoxy) is 1. The molecule has 2 nitrogen and oxygen atoms in total. The molecule has 98 valence electrons. The van der Waals surface area contributed by atoms with Crippen LogP contribution in [0.2, 0.25) is 0 Å². The maximum atomic E-state index is 9.10. The van der Waals surface area contributed by atoms with Crippen molar-refractivity contribution >= 4 is 0 Å². The molecule has 1 N–H and O–H groups in total. The fraction of sp³-hybridized carbons (Fsp3) is 0.625. The summed E-state index contributed by atoms with van der Waals surface area (Å²) in [6, 6.07) is 8.30. The summed E-state index contributed by atoms with van der Waals surface area (Å²) in [5, 5.41) is 9.10. The molecule has 2 heteroatoms. The molecule has 0 atom stereocenters. The first kappa shape index (κ1) is 12.2. The van der Waals surface area contributed by atoms with Crippen LogP contribution >= 0.6 is 0 Å². The highest BCUT2D eigenvalue weighted by Crippen LogP contribution is 2.54. The number of hydrogen-bond donors (Lipinski definition) is 1. The summed E-state index contributed by atoms with van der Waals surface area (Å²) in [5.74, 6) is 0. The summed E-state index contributed by atoms with van der Waals surface area (Å²) in [6.07, 6.45) is 6.14. The smallest absolute Gasteiger partial charge is 0.0932 e. The van der Waals surface area contributed by atoms with Gasteiger partial charge in [-0.2, -0.15) is 0 Å². The van der Waals surface area contributed by atoms with Gasteiger partial charge < -0.3 is 9.84 Å². The average Bonchev–Trinajstić information content (AvgIpc) is 2.49. The highest BCUT2D eigenvalue weighted by Gasteiger charge is 2.49. The Labute approximate surface area is 109 Å². The van der Waals surface area contributed by atoms with Crippen molar-refractivity contribution in [2.75, 3.05) is 6.61 Å². The minimum absolute atomic E-state index is 0.0368. The zero-order valence-corrected chi connectivity index (χ0v) is 11.1. The largest absolute Gasteiger partial charge is 0.392 e. The molecule has 0 unspecified atom stereocenters. The highest BCUT2D eigenvalue weighted by molar-refractivity contribution is 5.28. The summed E-state index contributed by atoms with van der Waals surface area (Å²) in [5.41, 5.74) is 2.70. The molecular weight excluding hydrogens is 224 g/mol. The molecule has 0 spiro atoms. The third-order valence-corrected chi connectivity index (χ3v) is 5.19. The number of fused-ring (bicyclic) bond motifs is 3. The van der Waals surface area contributed by atoms with Crippen LogP contribution in [0, 0.1) is 5.41 Å². The molecular formula is C16H22O2. The summed E-state index contributed by atoms with van der Waals surface area (Å²) in [7, 11) is 0. The maximum absolute atomic E-state index is 9.10. The molecule has 1 saturated carbocycles.